The Labute approximate surface area is 91.8 Å². The molecule has 1 fully saturated rings. The van der Waals surface area contributed by atoms with Gasteiger partial charge in [0.05, 0.1) is 0 Å². The van der Waals surface area contributed by atoms with Crippen molar-refractivity contribution < 1.29 is 13.6 Å². The van der Waals surface area contributed by atoms with E-state index in [1.807, 2.05) is 0 Å². The van der Waals surface area contributed by atoms with Crippen LogP contribution < -0.4 is 10.6 Å². The summed E-state index contributed by atoms with van der Waals surface area (Å²) in [6, 6.07) is 2.06. The van der Waals surface area contributed by atoms with Crippen molar-refractivity contribution in [2.75, 3.05) is 11.4 Å². The average molecular weight is 226 g/mol. The first-order valence-corrected chi connectivity index (χ1v) is 5.00. The SMILES string of the molecule is Cc1c(F)cc(N2CC(N)CC2=O)cc1F. The summed E-state index contributed by atoms with van der Waals surface area (Å²) < 4.78 is 26.6. The van der Waals surface area contributed by atoms with E-state index in [4.69, 9.17) is 5.73 Å². The van der Waals surface area contributed by atoms with Crippen molar-refractivity contribution in [2.45, 2.75) is 19.4 Å². The maximum atomic E-state index is 13.3. The average Bonchev–Trinajstić information content (AvgIpc) is 2.53. The second-order valence-electron chi connectivity index (χ2n) is 4.00. The number of hydrogen-bond acceptors (Lipinski definition) is 2. The highest BCUT2D eigenvalue weighted by atomic mass is 19.1. The minimum atomic E-state index is -0.650. The van der Waals surface area contributed by atoms with E-state index < -0.39 is 11.6 Å². The first kappa shape index (κ1) is 11.0. The van der Waals surface area contributed by atoms with Crippen LogP contribution in [0.3, 0.4) is 0 Å². The van der Waals surface area contributed by atoms with Gasteiger partial charge in [-0.25, -0.2) is 8.78 Å². The third-order valence-corrected chi connectivity index (χ3v) is 2.73. The lowest BCUT2D eigenvalue weighted by atomic mass is 10.2. The molecule has 86 valence electrons. The van der Waals surface area contributed by atoms with E-state index in [0.717, 1.165) is 12.1 Å². The number of nitrogens with two attached hydrogens (primary N) is 1. The molecule has 0 saturated carbocycles. The Balaban J connectivity index is 2.38. The van der Waals surface area contributed by atoms with Crippen molar-refractivity contribution >= 4 is 11.6 Å². The third kappa shape index (κ3) is 1.78. The van der Waals surface area contributed by atoms with Gasteiger partial charge in [0.15, 0.2) is 0 Å². The predicted octanol–water partition coefficient (Wildman–Crippen LogP) is 1.34. The molecule has 1 aromatic carbocycles. The Morgan fingerprint density at radius 2 is 1.94 bits per heavy atom. The maximum absolute atomic E-state index is 13.3. The van der Waals surface area contributed by atoms with Gasteiger partial charge in [-0.1, -0.05) is 0 Å². The molecule has 1 aliphatic rings. The minimum Gasteiger partial charge on any atom is -0.326 e. The van der Waals surface area contributed by atoms with Gasteiger partial charge in [0, 0.05) is 30.3 Å². The Kier molecular flexibility index (Phi) is 2.63. The fourth-order valence-electron chi connectivity index (χ4n) is 1.77. The fraction of sp³-hybridized carbons (Fsp3) is 0.364. The molecule has 2 N–H and O–H groups in total. The summed E-state index contributed by atoms with van der Waals surface area (Å²) in [5.41, 5.74) is 5.80. The summed E-state index contributed by atoms with van der Waals surface area (Å²) in [5.74, 6) is -1.50. The van der Waals surface area contributed by atoms with Gasteiger partial charge in [0.25, 0.3) is 0 Å². The van der Waals surface area contributed by atoms with Crippen molar-refractivity contribution in [2.24, 2.45) is 5.73 Å². The van der Waals surface area contributed by atoms with Crippen LogP contribution in [0.1, 0.15) is 12.0 Å². The minimum absolute atomic E-state index is 0.0419. The molecule has 0 aromatic heterocycles. The van der Waals surface area contributed by atoms with Crippen molar-refractivity contribution in [3.63, 3.8) is 0 Å². The first-order chi connectivity index (χ1) is 7.49. The van der Waals surface area contributed by atoms with Crippen LogP contribution in [-0.4, -0.2) is 18.5 Å². The molecule has 1 heterocycles. The first-order valence-electron chi connectivity index (χ1n) is 5.00. The monoisotopic (exact) mass is 226 g/mol. The second-order valence-corrected chi connectivity index (χ2v) is 4.00. The molecule has 1 atom stereocenters. The normalized spacial score (nSPS) is 20.6. The maximum Gasteiger partial charge on any atom is 0.228 e. The summed E-state index contributed by atoms with van der Waals surface area (Å²) in [6.45, 7) is 1.66. The van der Waals surface area contributed by atoms with E-state index >= 15 is 0 Å². The molecule has 16 heavy (non-hydrogen) atoms. The van der Waals surface area contributed by atoms with Crippen LogP contribution in [-0.2, 0) is 4.79 Å². The molecule has 1 unspecified atom stereocenters. The quantitative estimate of drug-likeness (QED) is 0.785. The number of halogens is 2. The van der Waals surface area contributed by atoms with Gasteiger partial charge >= 0.3 is 0 Å². The third-order valence-electron chi connectivity index (χ3n) is 2.73. The smallest absolute Gasteiger partial charge is 0.228 e. The van der Waals surface area contributed by atoms with E-state index in [1.165, 1.54) is 11.8 Å². The second kappa shape index (κ2) is 3.83. The number of amides is 1. The summed E-state index contributed by atoms with van der Waals surface area (Å²) in [4.78, 5) is 12.8. The molecule has 1 saturated heterocycles. The van der Waals surface area contributed by atoms with E-state index in [2.05, 4.69) is 0 Å². The zero-order valence-corrected chi connectivity index (χ0v) is 8.84. The Bertz CT molecular complexity index is 425. The van der Waals surface area contributed by atoms with Gasteiger partial charge in [0.2, 0.25) is 5.91 Å². The molecular weight excluding hydrogens is 214 g/mol. The van der Waals surface area contributed by atoms with Crippen molar-refractivity contribution in [1.82, 2.24) is 0 Å². The standard InChI is InChI=1S/C11H12F2N2O/c1-6-9(12)3-8(4-10(6)13)15-5-7(14)2-11(15)16/h3-4,7H,2,5,14H2,1H3. The highest BCUT2D eigenvalue weighted by Crippen LogP contribution is 2.25. The van der Waals surface area contributed by atoms with Crippen LogP contribution in [0.4, 0.5) is 14.5 Å². The van der Waals surface area contributed by atoms with Gasteiger partial charge in [-0.05, 0) is 19.1 Å². The van der Waals surface area contributed by atoms with E-state index in [1.54, 1.807) is 0 Å². The number of hydrogen-bond donors (Lipinski definition) is 1. The van der Waals surface area contributed by atoms with Gasteiger partial charge in [-0.3, -0.25) is 4.79 Å². The molecule has 0 bridgehead atoms. The lowest BCUT2D eigenvalue weighted by Crippen LogP contribution is -2.28. The zero-order valence-electron chi connectivity index (χ0n) is 8.84. The largest absolute Gasteiger partial charge is 0.326 e. The van der Waals surface area contributed by atoms with E-state index in [-0.39, 0.29) is 29.6 Å². The van der Waals surface area contributed by atoms with Crippen LogP contribution in [0.5, 0.6) is 0 Å². The Morgan fingerprint density at radius 3 is 2.38 bits per heavy atom. The van der Waals surface area contributed by atoms with Crippen LogP contribution >= 0.6 is 0 Å². The van der Waals surface area contributed by atoms with Gasteiger partial charge in [-0.15, -0.1) is 0 Å². The van der Waals surface area contributed by atoms with Crippen molar-refractivity contribution in [3.05, 3.63) is 29.3 Å². The predicted molar refractivity (Wildman–Crippen MR) is 56.0 cm³/mol. The Hall–Kier alpha value is -1.49. The molecule has 0 spiro atoms. The number of anilines is 1. The summed E-state index contributed by atoms with van der Waals surface area (Å²) in [7, 11) is 0. The number of benzene rings is 1. The van der Waals surface area contributed by atoms with Gasteiger partial charge in [-0.2, -0.15) is 0 Å². The highest BCUT2D eigenvalue weighted by Gasteiger charge is 2.28. The van der Waals surface area contributed by atoms with E-state index in [0.29, 0.717) is 6.54 Å². The number of carbonyl (C=O) groups is 1. The number of rotatable bonds is 1. The molecule has 1 aliphatic heterocycles. The van der Waals surface area contributed by atoms with Crippen LogP contribution in [0.2, 0.25) is 0 Å². The van der Waals surface area contributed by atoms with Crippen LogP contribution in [0.25, 0.3) is 0 Å². The highest BCUT2D eigenvalue weighted by molar-refractivity contribution is 5.96. The fourth-order valence-corrected chi connectivity index (χ4v) is 1.77. The summed E-state index contributed by atoms with van der Waals surface area (Å²) >= 11 is 0. The summed E-state index contributed by atoms with van der Waals surface area (Å²) in [6.07, 6.45) is 0.219. The number of carbonyl (C=O) groups excluding carboxylic acids is 1. The van der Waals surface area contributed by atoms with E-state index in [9.17, 15) is 13.6 Å². The lowest BCUT2D eigenvalue weighted by Gasteiger charge is -2.16. The molecule has 0 radical (unpaired) electrons. The summed E-state index contributed by atoms with van der Waals surface area (Å²) in [5, 5.41) is 0. The molecule has 1 aromatic rings. The topological polar surface area (TPSA) is 46.3 Å². The van der Waals surface area contributed by atoms with Crippen LogP contribution in [0.15, 0.2) is 12.1 Å². The molecular formula is C11H12F2N2O. The van der Waals surface area contributed by atoms with Gasteiger partial charge < -0.3 is 10.6 Å². The molecule has 3 nitrogen and oxygen atoms in total. The zero-order chi connectivity index (χ0) is 11.9. The van der Waals surface area contributed by atoms with Crippen molar-refractivity contribution in [3.8, 4) is 0 Å². The van der Waals surface area contributed by atoms with Gasteiger partial charge in [0.1, 0.15) is 11.6 Å². The molecule has 0 aliphatic carbocycles. The number of nitrogens with zero attached hydrogens (tertiary/aromatic N) is 1. The lowest BCUT2D eigenvalue weighted by molar-refractivity contribution is -0.117. The molecule has 2 rings (SSSR count). The van der Waals surface area contributed by atoms with Crippen molar-refractivity contribution in [1.29, 1.82) is 0 Å². The molecule has 1 amide bonds. The Morgan fingerprint density at radius 1 is 1.38 bits per heavy atom. The van der Waals surface area contributed by atoms with Crippen LogP contribution in [0, 0.1) is 18.6 Å². The molecule has 5 heteroatoms.